The van der Waals surface area contributed by atoms with E-state index in [0.717, 1.165) is 26.1 Å². The van der Waals surface area contributed by atoms with Gasteiger partial charge < -0.3 is 15.0 Å². The highest BCUT2D eigenvalue weighted by molar-refractivity contribution is 5.96. The Bertz CT molecular complexity index is 496. The highest BCUT2D eigenvalue weighted by Crippen LogP contribution is 2.31. The first-order chi connectivity index (χ1) is 10.3. The number of methoxy groups -OCH3 is 1. The van der Waals surface area contributed by atoms with E-state index in [1.165, 1.54) is 19.3 Å². The first-order valence-corrected chi connectivity index (χ1v) is 7.78. The summed E-state index contributed by atoms with van der Waals surface area (Å²) in [7, 11) is 1.58. The number of hydrogen-bond donors (Lipinski definition) is 1. The van der Waals surface area contributed by atoms with Crippen LogP contribution in [0.2, 0.25) is 0 Å². The monoisotopic (exact) mass is 289 g/mol. The Balaban J connectivity index is 1.75. The lowest BCUT2D eigenvalue weighted by Crippen LogP contribution is -2.42. The predicted molar refractivity (Wildman–Crippen MR) is 80.4 cm³/mol. The highest BCUT2D eigenvalue weighted by Gasteiger charge is 2.30. The molecule has 0 radical (unpaired) electrons. The second-order valence-electron chi connectivity index (χ2n) is 6.02. The van der Waals surface area contributed by atoms with Crippen LogP contribution < -0.4 is 10.1 Å². The summed E-state index contributed by atoms with van der Waals surface area (Å²) in [6, 6.07) is 2.18. The minimum Gasteiger partial charge on any atom is -0.494 e. The average molecular weight is 289 g/mol. The lowest BCUT2D eigenvalue weighted by Gasteiger charge is -2.26. The molecular formula is C16H23N3O2. The van der Waals surface area contributed by atoms with Gasteiger partial charge >= 0.3 is 0 Å². The highest BCUT2D eigenvalue weighted by atomic mass is 16.5. The van der Waals surface area contributed by atoms with Crippen LogP contribution in [-0.2, 0) is 0 Å². The zero-order valence-electron chi connectivity index (χ0n) is 12.5. The largest absolute Gasteiger partial charge is 0.494 e. The topological polar surface area (TPSA) is 54.5 Å². The first kappa shape index (κ1) is 14.3. The van der Waals surface area contributed by atoms with E-state index in [-0.39, 0.29) is 5.91 Å². The molecule has 3 rings (SSSR count). The zero-order chi connectivity index (χ0) is 14.7. The van der Waals surface area contributed by atoms with Crippen molar-refractivity contribution in [2.45, 2.75) is 31.7 Å². The van der Waals surface area contributed by atoms with Crippen LogP contribution in [0, 0.1) is 5.92 Å². The van der Waals surface area contributed by atoms with Crippen molar-refractivity contribution in [3.63, 3.8) is 0 Å². The van der Waals surface area contributed by atoms with E-state index in [1.54, 1.807) is 25.6 Å². The van der Waals surface area contributed by atoms with Crippen LogP contribution >= 0.6 is 0 Å². The second kappa shape index (κ2) is 6.43. The molecule has 1 aromatic rings. The maximum absolute atomic E-state index is 12.9. The van der Waals surface area contributed by atoms with Gasteiger partial charge in [0.05, 0.1) is 18.9 Å². The summed E-state index contributed by atoms with van der Waals surface area (Å²) in [5.74, 6) is 1.31. The molecular weight excluding hydrogens is 266 g/mol. The average Bonchev–Trinajstić information content (AvgIpc) is 3.19. The quantitative estimate of drug-likeness (QED) is 0.866. The molecule has 1 N–H and O–H groups in total. The van der Waals surface area contributed by atoms with Crippen molar-refractivity contribution >= 4 is 5.91 Å². The Morgan fingerprint density at radius 1 is 1.43 bits per heavy atom. The van der Waals surface area contributed by atoms with Crippen LogP contribution in [0.1, 0.15) is 36.0 Å². The molecule has 1 unspecified atom stereocenters. The number of ether oxygens (including phenoxy) is 1. The van der Waals surface area contributed by atoms with Gasteiger partial charge in [-0.1, -0.05) is 0 Å². The van der Waals surface area contributed by atoms with Crippen LogP contribution in [-0.4, -0.2) is 48.6 Å². The normalized spacial score (nSPS) is 21.3. The smallest absolute Gasteiger partial charge is 0.257 e. The number of rotatable bonds is 6. The molecule has 1 aliphatic carbocycles. The molecule has 0 aromatic carbocycles. The third kappa shape index (κ3) is 3.53. The van der Waals surface area contributed by atoms with E-state index in [2.05, 4.69) is 10.3 Å². The summed E-state index contributed by atoms with van der Waals surface area (Å²) >= 11 is 0. The Morgan fingerprint density at radius 3 is 2.95 bits per heavy atom. The molecule has 1 aliphatic heterocycles. The molecule has 1 aromatic heterocycles. The molecule has 2 aliphatic rings. The van der Waals surface area contributed by atoms with Crippen LogP contribution in [0.3, 0.4) is 0 Å². The van der Waals surface area contributed by atoms with Gasteiger partial charge in [-0.15, -0.1) is 0 Å². The Hall–Kier alpha value is -1.62. The third-order valence-electron chi connectivity index (χ3n) is 4.30. The van der Waals surface area contributed by atoms with E-state index in [0.29, 0.717) is 23.3 Å². The number of pyridine rings is 1. The number of nitrogens with zero attached hydrogens (tertiary/aromatic N) is 2. The van der Waals surface area contributed by atoms with Gasteiger partial charge in [0.25, 0.3) is 5.91 Å². The number of amides is 1. The molecule has 2 fully saturated rings. The number of carbonyl (C=O) groups is 1. The fourth-order valence-electron chi connectivity index (χ4n) is 2.92. The number of nitrogens with one attached hydrogen (secondary N) is 1. The van der Waals surface area contributed by atoms with Gasteiger partial charge in [0.1, 0.15) is 5.75 Å². The van der Waals surface area contributed by atoms with Gasteiger partial charge in [-0.25, -0.2) is 0 Å². The van der Waals surface area contributed by atoms with Crippen LogP contribution in [0.5, 0.6) is 5.75 Å². The van der Waals surface area contributed by atoms with Crippen LogP contribution in [0.4, 0.5) is 0 Å². The molecule has 2 heterocycles. The molecule has 1 saturated carbocycles. The minimum absolute atomic E-state index is 0.0647. The number of aromatic nitrogens is 1. The second-order valence-corrected chi connectivity index (χ2v) is 6.02. The van der Waals surface area contributed by atoms with Gasteiger partial charge in [0.2, 0.25) is 0 Å². The van der Waals surface area contributed by atoms with E-state index in [4.69, 9.17) is 4.74 Å². The van der Waals surface area contributed by atoms with Crippen molar-refractivity contribution in [1.29, 1.82) is 0 Å². The summed E-state index contributed by atoms with van der Waals surface area (Å²) in [5.41, 5.74) is 0.617. The lowest BCUT2D eigenvalue weighted by molar-refractivity contribution is 0.0730. The maximum Gasteiger partial charge on any atom is 0.257 e. The summed E-state index contributed by atoms with van der Waals surface area (Å²) in [5, 5.41) is 3.48. The standard InChI is InChI=1S/C16H23N3O2/c1-21-15-9-17-8-6-14(15)16(20)19(10-12-4-5-12)11-13-3-2-7-18-13/h6,8-9,12-13,18H,2-5,7,10-11H2,1H3. The zero-order valence-corrected chi connectivity index (χ0v) is 12.5. The van der Waals surface area contributed by atoms with Gasteiger partial charge in [-0.05, 0) is 44.2 Å². The molecule has 0 spiro atoms. The Morgan fingerprint density at radius 2 is 2.29 bits per heavy atom. The van der Waals surface area contributed by atoms with Crippen molar-refractivity contribution < 1.29 is 9.53 Å². The summed E-state index contributed by atoms with van der Waals surface area (Å²) in [4.78, 5) is 18.9. The molecule has 5 heteroatoms. The van der Waals surface area contributed by atoms with Crippen molar-refractivity contribution in [2.24, 2.45) is 5.92 Å². The molecule has 1 saturated heterocycles. The SMILES string of the molecule is COc1cnccc1C(=O)N(CC1CC1)CC1CCCN1. The van der Waals surface area contributed by atoms with E-state index in [9.17, 15) is 4.79 Å². The predicted octanol–water partition coefficient (Wildman–Crippen LogP) is 1.69. The Labute approximate surface area is 125 Å². The van der Waals surface area contributed by atoms with Crippen LogP contribution in [0.25, 0.3) is 0 Å². The van der Waals surface area contributed by atoms with Crippen molar-refractivity contribution in [1.82, 2.24) is 15.2 Å². The molecule has 1 amide bonds. The van der Waals surface area contributed by atoms with E-state index >= 15 is 0 Å². The summed E-state index contributed by atoms with van der Waals surface area (Å²) in [6.45, 7) is 2.72. The molecule has 0 bridgehead atoms. The van der Waals surface area contributed by atoms with Gasteiger partial charge in [0, 0.05) is 25.3 Å². The molecule has 21 heavy (non-hydrogen) atoms. The van der Waals surface area contributed by atoms with Crippen LogP contribution in [0.15, 0.2) is 18.5 Å². The lowest BCUT2D eigenvalue weighted by atomic mass is 10.1. The summed E-state index contributed by atoms with van der Waals surface area (Å²) in [6.07, 6.45) is 8.11. The van der Waals surface area contributed by atoms with Crippen molar-refractivity contribution in [3.8, 4) is 5.75 Å². The summed E-state index contributed by atoms with van der Waals surface area (Å²) < 4.78 is 5.28. The minimum atomic E-state index is 0.0647. The third-order valence-corrected chi connectivity index (χ3v) is 4.30. The number of hydrogen-bond acceptors (Lipinski definition) is 4. The van der Waals surface area contributed by atoms with E-state index in [1.807, 2.05) is 4.90 Å². The molecule has 5 nitrogen and oxygen atoms in total. The number of carbonyl (C=O) groups excluding carboxylic acids is 1. The first-order valence-electron chi connectivity index (χ1n) is 7.78. The van der Waals surface area contributed by atoms with Gasteiger partial charge in [-0.2, -0.15) is 0 Å². The maximum atomic E-state index is 12.9. The Kier molecular flexibility index (Phi) is 4.39. The van der Waals surface area contributed by atoms with Crippen molar-refractivity contribution in [3.05, 3.63) is 24.0 Å². The van der Waals surface area contributed by atoms with Gasteiger partial charge in [0.15, 0.2) is 0 Å². The molecule has 114 valence electrons. The van der Waals surface area contributed by atoms with Crippen molar-refractivity contribution in [2.75, 3.05) is 26.7 Å². The fraction of sp³-hybridized carbons (Fsp3) is 0.625. The molecule has 1 atom stereocenters. The van der Waals surface area contributed by atoms with Gasteiger partial charge in [-0.3, -0.25) is 9.78 Å². The fourth-order valence-corrected chi connectivity index (χ4v) is 2.92. The van der Waals surface area contributed by atoms with E-state index < -0.39 is 0 Å².